The molecule has 0 spiro atoms. The van der Waals surface area contributed by atoms with E-state index in [1.807, 2.05) is 11.4 Å². The van der Waals surface area contributed by atoms with E-state index in [1.165, 1.54) is 12.8 Å². The molecule has 0 amide bonds. The number of fused-ring (bicyclic) bond motifs is 1. The molecule has 0 radical (unpaired) electrons. The van der Waals surface area contributed by atoms with Crippen LogP contribution in [0, 0.1) is 6.92 Å². The van der Waals surface area contributed by atoms with Crippen molar-refractivity contribution in [3.8, 4) is 0 Å². The van der Waals surface area contributed by atoms with Crippen LogP contribution in [0.1, 0.15) is 29.7 Å². The Morgan fingerprint density at radius 3 is 3.14 bits per heavy atom. The third-order valence-corrected chi connectivity index (χ3v) is 3.53. The van der Waals surface area contributed by atoms with Gasteiger partial charge in [-0.15, -0.1) is 10.2 Å². The number of aryl methyl sites for hydroxylation is 1. The minimum Gasteiger partial charge on any atom is -0.308 e. The van der Waals surface area contributed by atoms with Gasteiger partial charge in [-0.1, -0.05) is 11.3 Å². The predicted octanol–water partition coefficient (Wildman–Crippen LogP) is 0.919. The van der Waals surface area contributed by atoms with E-state index in [0.717, 1.165) is 22.3 Å². The maximum Gasteiger partial charge on any atom is 0.234 e. The summed E-state index contributed by atoms with van der Waals surface area (Å²) in [6.45, 7) is 3.02. The third kappa shape index (κ3) is 1.14. The lowest BCUT2D eigenvalue weighted by atomic mass is 10.2. The van der Waals surface area contributed by atoms with Crippen LogP contribution in [0.5, 0.6) is 0 Å². The fourth-order valence-corrected chi connectivity index (χ4v) is 2.76. The molecule has 0 bridgehead atoms. The summed E-state index contributed by atoms with van der Waals surface area (Å²) in [7, 11) is 0. The standard InChI is InChI=1S/C8H11N5S/c1-5-10-11-8-13(5)12-7(14-8)6-3-2-4-9-6/h6,9H,2-4H2,1H3. The number of rotatable bonds is 1. The highest BCUT2D eigenvalue weighted by molar-refractivity contribution is 7.16. The Bertz CT molecular complexity index is 453. The van der Waals surface area contributed by atoms with Crippen molar-refractivity contribution in [2.45, 2.75) is 25.8 Å². The second-order valence-corrected chi connectivity index (χ2v) is 4.52. The van der Waals surface area contributed by atoms with Gasteiger partial charge in [-0.2, -0.15) is 9.61 Å². The van der Waals surface area contributed by atoms with Crippen molar-refractivity contribution >= 4 is 16.3 Å². The second-order valence-electron chi connectivity index (χ2n) is 3.53. The first kappa shape index (κ1) is 8.31. The van der Waals surface area contributed by atoms with Crippen LogP contribution in [0.3, 0.4) is 0 Å². The van der Waals surface area contributed by atoms with E-state index in [9.17, 15) is 0 Å². The average molecular weight is 209 g/mol. The van der Waals surface area contributed by atoms with Gasteiger partial charge in [-0.05, 0) is 26.3 Å². The van der Waals surface area contributed by atoms with Crippen LogP contribution in [0.4, 0.5) is 0 Å². The number of hydrogen-bond acceptors (Lipinski definition) is 5. The molecule has 1 N–H and O–H groups in total. The summed E-state index contributed by atoms with van der Waals surface area (Å²) in [5, 5.41) is 17.1. The van der Waals surface area contributed by atoms with Gasteiger partial charge in [0, 0.05) is 0 Å². The maximum absolute atomic E-state index is 4.50. The highest BCUT2D eigenvalue weighted by Gasteiger charge is 2.21. The van der Waals surface area contributed by atoms with Gasteiger partial charge in [-0.25, -0.2) is 0 Å². The number of nitrogens with zero attached hydrogens (tertiary/aromatic N) is 4. The van der Waals surface area contributed by atoms with Crippen molar-refractivity contribution in [1.29, 1.82) is 0 Å². The molecule has 0 aliphatic carbocycles. The monoisotopic (exact) mass is 209 g/mol. The maximum atomic E-state index is 4.50. The molecule has 1 saturated heterocycles. The second kappa shape index (κ2) is 2.99. The zero-order chi connectivity index (χ0) is 9.54. The Balaban J connectivity index is 2.05. The van der Waals surface area contributed by atoms with Gasteiger partial charge in [0.2, 0.25) is 4.96 Å². The fraction of sp³-hybridized carbons (Fsp3) is 0.625. The highest BCUT2D eigenvalue weighted by atomic mass is 32.1. The summed E-state index contributed by atoms with van der Waals surface area (Å²) in [6.07, 6.45) is 2.42. The summed E-state index contributed by atoms with van der Waals surface area (Å²) >= 11 is 1.63. The van der Waals surface area contributed by atoms with Crippen molar-refractivity contribution in [2.75, 3.05) is 6.54 Å². The molecule has 3 heterocycles. The van der Waals surface area contributed by atoms with Gasteiger partial charge in [0.15, 0.2) is 5.82 Å². The van der Waals surface area contributed by atoms with Gasteiger partial charge < -0.3 is 5.32 Å². The first-order valence-electron chi connectivity index (χ1n) is 4.77. The quantitative estimate of drug-likeness (QED) is 0.758. The summed E-state index contributed by atoms with van der Waals surface area (Å²) in [5.74, 6) is 0.862. The number of hydrogen-bond donors (Lipinski definition) is 1. The van der Waals surface area contributed by atoms with E-state index in [2.05, 4.69) is 20.6 Å². The Morgan fingerprint density at radius 2 is 2.43 bits per heavy atom. The molecule has 6 heteroatoms. The van der Waals surface area contributed by atoms with Crippen LogP contribution in [-0.2, 0) is 0 Å². The molecule has 1 fully saturated rings. The third-order valence-electron chi connectivity index (χ3n) is 2.52. The van der Waals surface area contributed by atoms with Crippen LogP contribution in [-0.4, -0.2) is 26.4 Å². The molecule has 74 valence electrons. The Hall–Kier alpha value is -1.01. The molecule has 1 unspecified atom stereocenters. The van der Waals surface area contributed by atoms with Crippen LogP contribution in [0.25, 0.3) is 4.96 Å². The summed E-state index contributed by atoms with van der Waals surface area (Å²) < 4.78 is 1.82. The molecule has 2 aromatic heterocycles. The Morgan fingerprint density at radius 1 is 1.50 bits per heavy atom. The van der Waals surface area contributed by atoms with Crippen LogP contribution >= 0.6 is 11.3 Å². The van der Waals surface area contributed by atoms with E-state index in [4.69, 9.17) is 0 Å². The minimum absolute atomic E-state index is 0.432. The van der Waals surface area contributed by atoms with Crippen molar-refractivity contribution < 1.29 is 0 Å². The fourth-order valence-electron chi connectivity index (χ4n) is 1.77. The highest BCUT2D eigenvalue weighted by Crippen LogP contribution is 2.26. The first-order chi connectivity index (χ1) is 6.84. The van der Waals surface area contributed by atoms with E-state index < -0.39 is 0 Å². The largest absolute Gasteiger partial charge is 0.308 e. The normalized spacial score (nSPS) is 22.2. The first-order valence-corrected chi connectivity index (χ1v) is 5.58. The van der Waals surface area contributed by atoms with Crippen molar-refractivity contribution in [2.24, 2.45) is 0 Å². The SMILES string of the molecule is Cc1nnc2sc(C3CCCN3)nn12. The van der Waals surface area contributed by atoms with Crippen molar-refractivity contribution in [1.82, 2.24) is 25.1 Å². The van der Waals surface area contributed by atoms with Gasteiger partial charge in [0.1, 0.15) is 5.01 Å². The zero-order valence-corrected chi connectivity index (χ0v) is 8.71. The predicted molar refractivity (Wildman–Crippen MR) is 53.4 cm³/mol. The van der Waals surface area contributed by atoms with E-state index >= 15 is 0 Å². The van der Waals surface area contributed by atoms with Gasteiger partial charge in [0.05, 0.1) is 6.04 Å². The average Bonchev–Trinajstić information content (AvgIpc) is 2.83. The number of nitrogens with one attached hydrogen (secondary N) is 1. The Labute approximate surface area is 85.2 Å². The minimum atomic E-state index is 0.432. The smallest absolute Gasteiger partial charge is 0.234 e. The molecule has 5 nitrogen and oxygen atoms in total. The molecule has 0 saturated carbocycles. The molecule has 2 aromatic rings. The lowest BCUT2D eigenvalue weighted by molar-refractivity contribution is 0.628. The van der Waals surface area contributed by atoms with Crippen LogP contribution in [0.15, 0.2) is 0 Å². The van der Waals surface area contributed by atoms with Crippen molar-refractivity contribution in [3.63, 3.8) is 0 Å². The molecule has 1 aliphatic heterocycles. The summed E-state index contributed by atoms with van der Waals surface area (Å²) in [5.41, 5.74) is 0. The molecule has 14 heavy (non-hydrogen) atoms. The molecule has 1 aliphatic rings. The molecular formula is C8H11N5S. The van der Waals surface area contributed by atoms with Crippen molar-refractivity contribution in [3.05, 3.63) is 10.8 Å². The molecular weight excluding hydrogens is 198 g/mol. The molecule has 1 atom stereocenters. The Kier molecular flexibility index (Phi) is 1.78. The summed E-state index contributed by atoms with van der Waals surface area (Å²) in [4.78, 5) is 0.895. The van der Waals surface area contributed by atoms with Gasteiger partial charge >= 0.3 is 0 Å². The summed E-state index contributed by atoms with van der Waals surface area (Å²) in [6, 6.07) is 0.432. The lowest BCUT2D eigenvalue weighted by Gasteiger charge is -2.02. The molecule has 0 aromatic carbocycles. The lowest BCUT2D eigenvalue weighted by Crippen LogP contribution is -2.12. The van der Waals surface area contributed by atoms with Crippen LogP contribution < -0.4 is 5.32 Å². The number of aromatic nitrogens is 4. The van der Waals surface area contributed by atoms with Gasteiger partial charge in [0.25, 0.3) is 0 Å². The molecule has 3 rings (SSSR count). The zero-order valence-electron chi connectivity index (χ0n) is 7.90. The van der Waals surface area contributed by atoms with Gasteiger partial charge in [-0.3, -0.25) is 0 Å². The van der Waals surface area contributed by atoms with E-state index in [0.29, 0.717) is 6.04 Å². The van der Waals surface area contributed by atoms with E-state index in [-0.39, 0.29) is 0 Å². The van der Waals surface area contributed by atoms with E-state index in [1.54, 1.807) is 11.3 Å². The topological polar surface area (TPSA) is 55.1 Å². The van der Waals surface area contributed by atoms with Crippen LogP contribution in [0.2, 0.25) is 0 Å².